The molecule has 1 aliphatic heterocycles. The highest BCUT2D eigenvalue weighted by molar-refractivity contribution is 7.46. The van der Waals surface area contributed by atoms with Crippen LogP contribution in [-0.4, -0.2) is 72.4 Å². The zero-order chi connectivity index (χ0) is 15.9. The Morgan fingerprint density at radius 1 is 1.45 bits per heavy atom. The Kier molecular flexibility index (Phi) is 4.74. The summed E-state index contributed by atoms with van der Waals surface area (Å²) in [7, 11) is -5.31. The fourth-order valence-corrected chi connectivity index (χ4v) is 2.53. The number of Topliss-reactive ketones (excluding diaryl/α,β-unsaturated/α-hetero) is 1. The van der Waals surface area contributed by atoms with Crippen LogP contribution in [0.15, 0.2) is 0 Å². The standard InChI is InChI=1S/C8H16NO10P/c1-3(11)8(14)4(9)5(12)18-7(2-10,6(8)13)19-20(15,16)17/h4-6,10,12-14H,2,9H2,1H3,(H2,15,16,17)/t4-,5+,6+,7+,8+/m0/s1. The normalized spacial score (nSPS) is 42.5. The van der Waals surface area contributed by atoms with Gasteiger partial charge >= 0.3 is 7.82 Å². The molecule has 0 spiro atoms. The van der Waals surface area contributed by atoms with Gasteiger partial charge in [0.2, 0.25) is 5.79 Å². The minimum Gasteiger partial charge on any atom is -0.391 e. The first kappa shape index (κ1) is 17.6. The molecule has 0 saturated carbocycles. The fourth-order valence-electron chi connectivity index (χ4n) is 1.93. The maximum atomic E-state index is 11.5. The van der Waals surface area contributed by atoms with Crippen LogP contribution in [0.4, 0.5) is 0 Å². The van der Waals surface area contributed by atoms with E-state index in [2.05, 4.69) is 9.26 Å². The number of ether oxygens (including phenoxy) is 1. The summed E-state index contributed by atoms with van der Waals surface area (Å²) in [5.41, 5.74) is 2.51. The van der Waals surface area contributed by atoms with Gasteiger partial charge < -0.3 is 40.7 Å². The molecule has 1 fully saturated rings. The number of hydrogen-bond acceptors (Lipinski definition) is 9. The van der Waals surface area contributed by atoms with E-state index in [-0.39, 0.29) is 0 Å². The Morgan fingerprint density at radius 3 is 2.30 bits per heavy atom. The number of aliphatic hydroxyl groups excluding tert-OH is 3. The number of aliphatic hydroxyl groups is 4. The predicted octanol–water partition coefficient (Wildman–Crippen LogP) is -3.86. The second kappa shape index (κ2) is 5.39. The summed E-state index contributed by atoms with van der Waals surface area (Å²) in [6, 6.07) is -1.82. The number of hydrogen-bond donors (Lipinski definition) is 7. The van der Waals surface area contributed by atoms with Gasteiger partial charge in [0.15, 0.2) is 17.7 Å². The van der Waals surface area contributed by atoms with E-state index < -0.39 is 50.0 Å². The van der Waals surface area contributed by atoms with Gasteiger partial charge in [-0.25, -0.2) is 9.09 Å². The average Bonchev–Trinajstić information content (AvgIpc) is 2.31. The Labute approximate surface area is 112 Å². The van der Waals surface area contributed by atoms with Gasteiger partial charge in [-0.05, 0) is 6.92 Å². The number of phosphoric ester groups is 1. The highest BCUT2D eigenvalue weighted by Gasteiger charge is 2.65. The molecule has 0 aliphatic carbocycles. The van der Waals surface area contributed by atoms with Crippen LogP contribution in [0.25, 0.3) is 0 Å². The van der Waals surface area contributed by atoms with E-state index in [9.17, 15) is 24.7 Å². The molecule has 11 nitrogen and oxygen atoms in total. The van der Waals surface area contributed by atoms with Crippen molar-refractivity contribution in [1.29, 1.82) is 0 Å². The molecular formula is C8H16NO10P. The molecule has 0 unspecified atom stereocenters. The SMILES string of the molecule is CC(=O)[C@]1(O)[C@H](O)[C@@](CO)(OP(=O)(O)O)O[C@@H](O)[C@@H]1N. The molecular weight excluding hydrogens is 301 g/mol. The van der Waals surface area contributed by atoms with Crippen LogP contribution < -0.4 is 5.73 Å². The molecule has 5 atom stereocenters. The summed E-state index contributed by atoms with van der Waals surface area (Å²) in [5, 5.41) is 38.8. The van der Waals surface area contributed by atoms with Crippen LogP contribution >= 0.6 is 7.82 Å². The Balaban J connectivity index is 3.34. The maximum Gasteiger partial charge on any atom is 0.472 e. The van der Waals surface area contributed by atoms with Crippen LogP contribution in [0, 0.1) is 0 Å². The van der Waals surface area contributed by atoms with Crippen molar-refractivity contribution in [3.8, 4) is 0 Å². The van der Waals surface area contributed by atoms with Gasteiger partial charge in [-0.2, -0.15) is 0 Å². The lowest BCUT2D eigenvalue weighted by atomic mass is 9.78. The fraction of sp³-hybridized carbons (Fsp3) is 0.875. The summed E-state index contributed by atoms with van der Waals surface area (Å²) in [6.07, 6.45) is -4.59. The summed E-state index contributed by atoms with van der Waals surface area (Å²) in [6.45, 7) is -0.556. The second-order valence-corrected chi connectivity index (χ2v) is 5.53. The Morgan fingerprint density at radius 2 is 1.95 bits per heavy atom. The van der Waals surface area contributed by atoms with Crippen molar-refractivity contribution in [2.75, 3.05) is 6.61 Å². The van der Waals surface area contributed by atoms with Crippen molar-refractivity contribution in [1.82, 2.24) is 0 Å². The van der Waals surface area contributed by atoms with Crippen LogP contribution in [-0.2, 0) is 18.6 Å². The van der Waals surface area contributed by atoms with E-state index >= 15 is 0 Å². The first-order valence-electron chi connectivity index (χ1n) is 5.31. The Bertz CT molecular complexity index is 439. The number of rotatable bonds is 4. The largest absolute Gasteiger partial charge is 0.472 e. The van der Waals surface area contributed by atoms with Gasteiger partial charge in [0.1, 0.15) is 12.7 Å². The van der Waals surface area contributed by atoms with E-state index in [0.29, 0.717) is 0 Å². The first-order chi connectivity index (χ1) is 8.90. The van der Waals surface area contributed by atoms with Gasteiger partial charge in [0.05, 0.1) is 6.04 Å². The van der Waals surface area contributed by atoms with Crippen molar-refractivity contribution < 1.29 is 48.8 Å². The molecule has 1 aliphatic rings. The van der Waals surface area contributed by atoms with Gasteiger partial charge in [-0.1, -0.05) is 0 Å². The quantitative estimate of drug-likeness (QED) is 0.250. The Hall–Kier alpha value is -0.460. The molecule has 0 bridgehead atoms. The minimum absolute atomic E-state index is 0.820. The van der Waals surface area contributed by atoms with Gasteiger partial charge in [-0.15, -0.1) is 0 Å². The van der Waals surface area contributed by atoms with Crippen molar-refractivity contribution >= 4 is 13.6 Å². The van der Waals surface area contributed by atoms with Crippen molar-refractivity contribution in [2.24, 2.45) is 5.73 Å². The van der Waals surface area contributed by atoms with Crippen molar-refractivity contribution in [3.63, 3.8) is 0 Å². The van der Waals surface area contributed by atoms with Gasteiger partial charge in [0, 0.05) is 0 Å². The maximum absolute atomic E-state index is 11.5. The topological polar surface area (TPSA) is 200 Å². The van der Waals surface area contributed by atoms with E-state index in [1.165, 1.54) is 0 Å². The lowest BCUT2D eigenvalue weighted by Crippen LogP contribution is -2.77. The number of phosphoric acid groups is 1. The summed E-state index contributed by atoms with van der Waals surface area (Å²) in [5.74, 6) is -4.04. The summed E-state index contributed by atoms with van der Waals surface area (Å²) >= 11 is 0. The number of ketones is 1. The lowest BCUT2D eigenvalue weighted by Gasteiger charge is -2.50. The third-order valence-electron chi connectivity index (χ3n) is 3.03. The zero-order valence-corrected chi connectivity index (χ0v) is 11.2. The molecule has 8 N–H and O–H groups in total. The van der Waals surface area contributed by atoms with Gasteiger partial charge in [-0.3, -0.25) is 4.79 Å². The lowest BCUT2D eigenvalue weighted by molar-refractivity contribution is -0.376. The molecule has 1 saturated heterocycles. The van der Waals surface area contributed by atoms with Crippen LogP contribution in [0.2, 0.25) is 0 Å². The highest BCUT2D eigenvalue weighted by atomic mass is 31.2. The number of carbonyl (C=O) groups excluding carboxylic acids is 1. The van der Waals surface area contributed by atoms with E-state index in [4.69, 9.17) is 20.6 Å². The predicted molar refractivity (Wildman–Crippen MR) is 59.7 cm³/mol. The molecule has 12 heteroatoms. The molecule has 1 rings (SSSR count). The second-order valence-electron chi connectivity index (χ2n) is 4.37. The van der Waals surface area contributed by atoms with E-state index in [1.54, 1.807) is 0 Å². The molecule has 0 aromatic rings. The minimum atomic E-state index is -5.31. The monoisotopic (exact) mass is 317 g/mol. The van der Waals surface area contributed by atoms with E-state index in [1.807, 2.05) is 0 Å². The van der Waals surface area contributed by atoms with Crippen LogP contribution in [0.1, 0.15) is 6.92 Å². The highest BCUT2D eigenvalue weighted by Crippen LogP contribution is 2.47. The third kappa shape index (κ3) is 2.78. The van der Waals surface area contributed by atoms with Crippen molar-refractivity contribution in [2.45, 2.75) is 36.7 Å². The van der Waals surface area contributed by atoms with Crippen LogP contribution in [0.3, 0.4) is 0 Å². The zero-order valence-electron chi connectivity index (χ0n) is 10.3. The van der Waals surface area contributed by atoms with Crippen molar-refractivity contribution in [3.05, 3.63) is 0 Å². The van der Waals surface area contributed by atoms with E-state index in [0.717, 1.165) is 6.92 Å². The molecule has 20 heavy (non-hydrogen) atoms. The average molecular weight is 317 g/mol. The molecule has 0 aromatic heterocycles. The molecule has 0 radical (unpaired) electrons. The van der Waals surface area contributed by atoms with Crippen LogP contribution in [0.5, 0.6) is 0 Å². The number of nitrogens with two attached hydrogens (primary N) is 1. The molecule has 0 aromatic carbocycles. The first-order valence-corrected chi connectivity index (χ1v) is 6.84. The number of carbonyl (C=O) groups is 1. The van der Waals surface area contributed by atoms with Gasteiger partial charge in [0.25, 0.3) is 0 Å². The summed E-state index contributed by atoms with van der Waals surface area (Å²) in [4.78, 5) is 29.0. The third-order valence-corrected chi connectivity index (χ3v) is 3.57. The molecule has 1 heterocycles. The molecule has 118 valence electrons. The smallest absolute Gasteiger partial charge is 0.391 e. The molecule has 0 amide bonds. The summed E-state index contributed by atoms with van der Waals surface area (Å²) < 4.78 is 19.6.